The molecule has 0 saturated carbocycles. The van der Waals surface area contributed by atoms with Crippen LogP contribution in [0.25, 0.3) is 0 Å². The number of nitrogens with two attached hydrogens (primary N) is 1. The zero-order chi connectivity index (χ0) is 14.5. The molecule has 0 unspecified atom stereocenters. The molecule has 0 aromatic heterocycles. The van der Waals surface area contributed by atoms with E-state index < -0.39 is 0 Å². The van der Waals surface area contributed by atoms with Crippen LogP contribution < -0.4 is 10.5 Å². The molecule has 0 saturated heterocycles. The molecule has 0 aliphatic rings. The molecule has 0 amide bonds. The van der Waals surface area contributed by atoms with E-state index in [1.54, 1.807) is 36.4 Å². The van der Waals surface area contributed by atoms with Gasteiger partial charge >= 0.3 is 0 Å². The van der Waals surface area contributed by atoms with E-state index >= 15 is 0 Å². The van der Waals surface area contributed by atoms with E-state index in [1.807, 2.05) is 12.1 Å². The van der Waals surface area contributed by atoms with Crippen LogP contribution in [0.4, 0.5) is 5.69 Å². The Balaban J connectivity index is 2.53. The van der Waals surface area contributed by atoms with Crippen LogP contribution in [0.15, 0.2) is 42.5 Å². The van der Waals surface area contributed by atoms with Gasteiger partial charge in [0.05, 0.1) is 19.6 Å². The Morgan fingerprint density at radius 1 is 1.30 bits per heavy atom. The lowest BCUT2D eigenvalue weighted by Gasteiger charge is -2.11. The number of ether oxygens (including phenoxy) is 1. The second kappa shape index (κ2) is 5.89. The van der Waals surface area contributed by atoms with Crippen LogP contribution in [0.3, 0.4) is 0 Å². The van der Waals surface area contributed by atoms with Crippen molar-refractivity contribution in [1.82, 2.24) is 0 Å². The van der Waals surface area contributed by atoms with Crippen molar-refractivity contribution in [3.63, 3.8) is 0 Å². The lowest BCUT2D eigenvalue weighted by Crippen LogP contribution is -2.08. The Kier molecular flexibility index (Phi) is 4.02. The third-order valence-electron chi connectivity index (χ3n) is 3.03. The second-order valence-corrected chi connectivity index (χ2v) is 4.28. The normalized spacial score (nSPS) is 9.80. The lowest BCUT2D eigenvalue weighted by atomic mass is 9.97. The highest BCUT2D eigenvalue weighted by molar-refractivity contribution is 6.12. The van der Waals surface area contributed by atoms with Crippen LogP contribution in [-0.4, -0.2) is 12.9 Å². The molecule has 0 bridgehead atoms. The van der Waals surface area contributed by atoms with Gasteiger partial charge in [-0.3, -0.25) is 4.79 Å². The van der Waals surface area contributed by atoms with Gasteiger partial charge in [-0.1, -0.05) is 30.3 Å². The van der Waals surface area contributed by atoms with Gasteiger partial charge in [0.1, 0.15) is 5.75 Å². The highest BCUT2D eigenvalue weighted by Gasteiger charge is 2.16. The van der Waals surface area contributed by atoms with Crippen molar-refractivity contribution in [1.29, 1.82) is 5.26 Å². The summed E-state index contributed by atoms with van der Waals surface area (Å²) in [6, 6.07) is 14.2. The minimum Gasteiger partial charge on any atom is -0.497 e. The number of anilines is 1. The van der Waals surface area contributed by atoms with Gasteiger partial charge in [0, 0.05) is 16.8 Å². The van der Waals surface area contributed by atoms with Crippen molar-refractivity contribution in [3.05, 3.63) is 59.2 Å². The van der Waals surface area contributed by atoms with E-state index in [4.69, 9.17) is 15.7 Å². The first-order chi connectivity index (χ1) is 9.67. The highest BCUT2D eigenvalue weighted by atomic mass is 16.5. The van der Waals surface area contributed by atoms with E-state index in [0.717, 1.165) is 0 Å². The molecule has 2 rings (SSSR count). The predicted molar refractivity (Wildman–Crippen MR) is 76.6 cm³/mol. The molecule has 4 heteroatoms. The summed E-state index contributed by atoms with van der Waals surface area (Å²) >= 11 is 0. The summed E-state index contributed by atoms with van der Waals surface area (Å²) in [6.45, 7) is 0. The molecule has 0 fully saturated rings. The molecule has 0 atom stereocenters. The molecular weight excluding hydrogens is 252 g/mol. The Bertz CT molecular complexity index is 673. The van der Waals surface area contributed by atoms with Gasteiger partial charge in [0.25, 0.3) is 0 Å². The zero-order valence-corrected chi connectivity index (χ0v) is 11.1. The van der Waals surface area contributed by atoms with Crippen molar-refractivity contribution in [3.8, 4) is 11.8 Å². The highest BCUT2D eigenvalue weighted by Crippen LogP contribution is 2.27. The fraction of sp³-hybridized carbons (Fsp3) is 0.125. The molecule has 2 N–H and O–H groups in total. The maximum absolute atomic E-state index is 12.5. The first-order valence-corrected chi connectivity index (χ1v) is 6.10. The number of ketones is 1. The van der Waals surface area contributed by atoms with Crippen molar-refractivity contribution in [2.24, 2.45) is 0 Å². The minimum atomic E-state index is -0.179. The molecule has 0 aliphatic heterocycles. The predicted octanol–water partition coefficient (Wildman–Crippen LogP) is 2.57. The fourth-order valence-corrected chi connectivity index (χ4v) is 1.97. The van der Waals surface area contributed by atoms with Gasteiger partial charge in [-0.05, 0) is 17.7 Å². The number of methoxy groups -OCH3 is 1. The number of rotatable bonds is 4. The summed E-state index contributed by atoms with van der Waals surface area (Å²) < 4.78 is 5.17. The van der Waals surface area contributed by atoms with E-state index in [1.165, 1.54) is 7.11 Å². The molecular formula is C16H14N2O2. The summed E-state index contributed by atoms with van der Waals surface area (Å²) in [7, 11) is 1.51. The maximum Gasteiger partial charge on any atom is 0.195 e. The third kappa shape index (κ3) is 2.62. The standard InChI is InChI=1S/C16H14N2O2/c1-20-13-9-12(7-8-17)15(18)14(10-13)16(19)11-5-3-2-4-6-11/h2-6,9-10H,7,18H2,1H3. The number of nitrogens with zero attached hydrogens (tertiary/aromatic N) is 1. The van der Waals surface area contributed by atoms with E-state index in [9.17, 15) is 4.79 Å². The van der Waals surface area contributed by atoms with Gasteiger partial charge in [0.15, 0.2) is 5.78 Å². The molecule has 2 aromatic carbocycles. The van der Waals surface area contributed by atoms with E-state index in [0.29, 0.717) is 28.1 Å². The number of benzene rings is 2. The van der Waals surface area contributed by atoms with Gasteiger partial charge in [0.2, 0.25) is 0 Å². The van der Waals surface area contributed by atoms with Crippen LogP contribution in [0, 0.1) is 11.3 Å². The number of nitriles is 1. The Hall–Kier alpha value is -2.80. The molecule has 2 aromatic rings. The molecule has 4 nitrogen and oxygen atoms in total. The summed E-state index contributed by atoms with van der Waals surface area (Å²) in [6.07, 6.45) is 0.137. The van der Waals surface area contributed by atoms with Crippen LogP contribution in [0.5, 0.6) is 5.75 Å². The summed E-state index contributed by atoms with van der Waals surface area (Å²) in [5.74, 6) is 0.338. The zero-order valence-electron chi connectivity index (χ0n) is 11.1. The third-order valence-corrected chi connectivity index (χ3v) is 3.03. The SMILES string of the molecule is COc1cc(CC#N)c(N)c(C(=O)c2ccccc2)c1. The van der Waals surface area contributed by atoms with E-state index in [2.05, 4.69) is 0 Å². The second-order valence-electron chi connectivity index (χ2n) is 4.28. The van der Waals surface area contributed by atoms with Gasteiger partial charge in [-0.15, -0.1) is 0 Å². The number of hydrogen-bond acceptors (Lipinski definition) is 4. The molecule has 20 heavy (non-hydrogen) atoms. The number of hydrogen-bond donors (Lipinski definition) is 1. The average Bonchev–Trinajstić information content (AvgIpc) is 2.49. The van der Waals surface area contributed by atoms with Gasteiger partial charge in [-0.25, -0.2) is 0 Å². The van der Waals surface area contributed by atoms with Crippen molar-refractivity contribution in [2.45, 2.75) is 6.42 Å². The minimum absolute atomic E-state index is 0.137. The van der Waals surface area contributed by atoms with Crippen LogP contribution in [0.2, 0.25) is 0 Å². The topological polar surface area (TPSA) is 76.1 Å². The van der Waals surface area contributed by atoms with Crippen LogP contribution in [-0.2, 0) is 6.42 Å². The van der Waals surface area contributed by atoms with Gasteiger partial charge < -0.3 is 10.5 Å². The Morgan fingerprint density at radius 2 is 2.00 bits per heavy atom. The molecule has 100 valence electrons. The molecule has 0 spiro atoms. The molecule has 0 radical (unpaired) electrons. The van der Waals surface area contributed by atoms with Gasteiger partial charge in [-0.2, -0.15) is 5.26 Å². The largest absolute Gasteiger partial charge is 0.497 e. The average molecular weight is 266 g/mol. The number of carbonyl (C=O) groups is 1. The summed E-state index contributed by atoms with van der Waals surface area (Å²) in [5, 5.41) is 8.82. The molecule has 0 aliphatic carbocycles. The molecule has 0 heterocycles. The monoisotopic (exact) mass is 266 g/mol. The number of nitrogen functional groups attached to an aromatic ring is 1. The van der Waals surface area contributed by atoms with Crippen molar-refractivity contribution < 1.29 is 9.53 Å². The van der Waals surface area contributed by atoms with Crippen LogP contribution >= 0.6 is 0 Å². The Labute approximate surface area is 117 Å². The quantitative estimate of drug-likeness (QED) is 0.681. The van der Waals surface area contributed by atoms with Crippen molar-refractivity contribution >= 4 is 11.5 Å². The van der Waals surface area contributed by atoms with Crippen LogP contribution in [0.1, 0.15) is 21.5 Å². The first kappa shape index (κ1) is 13.6. The summed E-state index contributed by atoms with van der Waals surface area (Å²) in [4.78, 5) is 12.5. The number of carbonyl (C=O) groups excluding carboxylic acids is 1. The first-order valence-electron chi connectivity index (χ1n) is 6.10. The smallest absolute Gasteiger partial charge is 0.195 e. The Morgan fingerprint density at radius 3 is 2.60 bits per heavy atom. The van der Waals surface area contributed by atoms with Crippen molar-refractivity contribution in [2.75, 3.05) is 12.8 Å². The summed E-state index contributed by atoms with van der Waals surface area (Å²) in [5.41, 5.74) is 7.85. The fourth-order valence-electron chi connectivity index (χ4n) is 1.97. The lowest BCUT2D eigenvalue weighted by molar-refractivity contribution is 0.103. The van der Waals surface area contributed by atoms with E-state index in [-0.39, 0.29) is 12.2 Å². The maximum atomic E-state index is 12.5.